The average molecular weight is 345 g/mol. The zero-order valence-electron chi connectivity index (χ0n) is 14.6. The lowest BCUT2D eigenvalue weighted by Gasteiger charge is -2.03. The van der Waals surface area contributed by atoms with Crippen molar-refractivity contribution in [1.29, 1.82) is 0 Å². The van der Waals surface area contributed by atoms with E-state index < -0.39 is 0 Å². The molecule has 0 unspecified atom stereocenters. The Morgan fingerprint density at radius 3 is 2.27 bits per heavy atom. The highest BCUT2D eigenvalue weighted by atomic mass is 16.5. The number of nitrogens with one attached hydrogen (secondary N) is 1. The molecule has 4 aromatic rings. The summed E-state index contributed by atoms with van der Waals surface area (Å²) in [6.07, 6.45) is 0. The SMILES string of the molecule is COc1ccc(-c2[nH]c(-c3ccccc3)c(-c3cc(C)no3)c2N)cc1. The fourth-order valence-electron chi connectivity index (χ4n) is 3.06. The number of aromatic amines is 1. The van der Waals surface area contributed by atoms with E-state index in [-0.39, 0.29) is 0 Å². The summed E-state index contributed by atoms with van der Waals surface area (Å²) in [7, 11) is 1.65. The second kappa shape index (κ2) is 6.44. The molecule has 130 valence electrons. The number of hydrogen-bond donors (Lipinski definition) is 2. The molecule has 0 aliphatic carbocycles. The highest BCUT2D eigenvalue weighted by Crippen LogP contribution is 2.42. The summed E-state index contributed by atoms with van der Waals surface area (Å²) in [5, 5.41) is 4.01. The molecule has 0 bridgehead atoms. The van der Waals surface area contributed by atoms with Gasteiger partial charge in [-0.2, -0.15) is 0 Å². The van der Waals surface area contributed by atoms with E-state index in [1.54, 1.807) is 7.11 Å². The minimum Gasteiger partial charge on any atom is -0.497 e. The van der Waals surface area contributed by atoms with E-state index in [4.69, 9.17) is 15.0 Å². The maximum absolute atomic E-state index is 6.54. The first-order valence-corrected chi connectivity index (χ1v) is 8.32. The third-order valence-electron chi connectivity index (χ3n) is 4.35. The van der Waals surface area contributed by atoms with Crippen molar-refractivity contribution in [2.45, 2.75) is 6.92 Å². The summed E-state index contributed by atoms with van der Waals surface area (Å²) >= 11 is 0. The van der Waals surface area contributed by atoms with Crippen molar-refractivity contribution in [2.75, 3.05) is 12.8 Å². The van der Waals surface area contributed by atoms with Crippen LogP contribution in [0.4, 0.5) is 5.69 Å². The van der Waals surface area contributed by atoms with Gasteiger partial charge in [0.15, 0.2) is 5.76 Å². The molecule has 0 aliphatic heterocycles. The van der Waals surface area contributed by atoms with Crippen molar-refractivity contribution < 1.29 is 9.26 Å². The fourth-order valence-corrected chi connectivity index (χ4v) is 3.06. The maximum Gasteiger partial charge on any atom is 0.171 e. The summed E-state index contributed by atoms with van der Waals surface area (Å²) in [5.41, 5.74) is 12.6. The number of aryl methyl sites for hydroxylation is 1. The van der Waals surface area contributed by atoms with Crippen LogP contribution in [0.1, 0.15) is 5.69 Å². The van der Waals surface area contributed by atoms with Crippen molar-refractivity contribution in [3.05, 3.63) is 66.4 Å². The van der Waals surface area contributed by atoms with E-state index in [1.807, 2.05) is 67.6 Å². The number of benzene rings is 2. The Morgan fingerprint density at radius 1 is 0.962 bits per heavy atom. The van der Waals surface area contributed by atoms with Crippen LogP contribution in [0.25, 0.3) is 33.8 Å². The van der Waals surface area contributed by atoms with Gasteiger partial charge in [0.25, 0.3) is 0 Å². The van der Waals surface area contributed by atoms with Gasteiger partial charge in [-0.25, -0.2) is 0 Å². The number of ether oxygens (including phenoxy) is 1. The molecule has 5 heteroatoms. The minimum atomic E-state index is 0.630. The smallest absolute Gasteiger partial charge is 0.171 e. The lowest BCUT2D eigenvalue weighted by atomic mass is 10.0. The number of aromatic nitrogens is 2. The number of H-pyrrole nitrogens is 1. The molecule has 2 aromatic heterocycles. The first kappa shape index (κ1) is 16.0. The van der Waals surface area contributed by atoms with E-state index in [9.17, 15) is 0 Å². The molecule has 26 heavy (non-hydrogen) atoms. The number of rotatable bonds is 4. The van der Waals surface area contributed by atoms with Crippen LogP contribution in [0, 0.1) is 6.92 Å². The van der Waals surface area contributed by atoms with Crippen LogP contribution in [-0.2, 0) is 0 Å². The molecule has 0 spiro atoms. The molecule has 3 N–H and O–H groups in total. The third kappa shape index (κ3) is 2.73. The van der Waals surface area contributed by atoms with Crippen LogP contribution < -0.4 is 10.5 Å². The minimum absolute atomic E-state index is 0.630. The van der Waals surface area contributed by atoms with Crippen LogP contribution in [0.3, 0.4) is 0 Å². The molecule has 0 radical (unpaired) electrons. The molecular formula is C21H19N3O2. The Morgan fingerprint density at radius 2 is 1.65 bits per heavy atom. The lowest BCUT2D eigenvalue weighted by molar-refractivity contribution is 0.415. The first-order valence-electron chi connectivity index (χ1n) is 8.32. The van der Waals surface area contributed by atoms with E-state index >= 15 is 0 Å². The highest BCUT2D eigenvalue weighted by molar-refractivity contribution is 5.96. The van der Waals surface area contributed by atoms with Crippen molar-refractivity contribution in [1.82, 2.24) is 10.1 Å². The van der Waals surface area contributed by atoms with Gasteiger partial charge < -0.3 is 20.0 Å². The standard InChI is InChI=1S/C21H19N3O2/c1-13-12-17(26-24-13)18-19(22)21(15-8-10-16(25-2)11-9-15)23-20(18)14-6-4-3-5-7-14/h3-12,23H,22H2,1-2H3. The molecule has 5 nitrogen and oxygen atoms in total. The quantitative estimate of drug-likeness (QED) is 0.551. The molecule has 0 saturated heterocycles. The number of anilines is 1. The van der Waals surface area contributed by atoms with Crippen LogP contribution in [-0.4, -0.2) is 17.3 Å². The second-order valence-electron chi connectivity index (χ2n) is 6.09. The zero-order chi connectivity index (χ0) is 18.1. The lowest BCUT2D eigenvalue weighted by Crippen LogP contribution is -1.89. The summed E-state index contributed by atoms with van der Waals surface area (Å²) < 4.78 is 10.7. The number of hydrogen-bond acceptors (Lipinski definition) is 4. The fraction of sp³-hybridized carbons (Fsp3) is 0.0952. The van der Waals surface area contributed by atoms with Gasteiger partial charge >= 0.3 is 0 Å². The van der Waals surface area contributed by atoms with Crippen LogP contribution in [0.15, 0.2) is 65.2 Å². The molecule has 2 heterocycles. The third-order valence-corrected chi connectivity index (χ3v) is 4.35. The van der Waals surface area contributed by atoms with Crippen molar-refractivity contribution in [2.24, 2.45) is 0 Å². The van der Waals surface area contributed by atoms with Crippen LogP contribution in [0.5, 0.6) is 5.75 Å². The largest absolute Gasteiger partial charge is 0.497 e. The monoisotopic (exact) mass is 345 g/mol. The van der Waals surface area contributed by atoms with E-state index in [2.05, 4.69) is 10.1 Å². The van der Waals surface area contributed by atoms with Gasteiger partial charge in [-0.15, -0.1) is 0 Å². The molecule has 2 aromatic carbocycles. The van der Waals surface area contributed by atoms with Crippen molar-refractivity contribution in [3.8, 4) is 39.6 Å². The molecule has 4 rings (SSSR count). The van der Waals surface area contributed by atoms with Gasteiger partial charge in [0.1, 0.15) is 5.75 Å². The van der Waals surface area contributed by atoms with E-state index in [0.717, 1.165) is 39.5 Å². The molecular weight excluding hydrogens is 326 g/mol. The Balaban J connectivity index is 1.92. The summed E-state index contributed by atoms with van der Waals surface area (Å²) in [6, 6.07) is 19.7. The molecule has 0 aliphatic rings. The Kier molecular flexibility index (Phi) is 3.97. The Hall–Kier alpha value is -3.47. The van der Waals surface area contributed by atoms with Gasteiger partial charge in [-0.05, 0) is 36.8 Å². The Bertz CT molecular complexity index is 1030. The van der Waals surface area contributed by atoms with Gasteiger partial charge in [0.05, 0.1) is 35.4 Å². The predicted octanol–water partition coefficient (Wildman–Crippen LogP) is 4.90. The highest BCUT2D eigenvalue weighted by Gasteiger charge is 2.22. The second-order valence-corrected chi connectivity index (χ2v) is 6.09. The molecule has 0 saturated carbocycles. The maximum atomic E-state index is 6.54. The summed E-state index contributed by atoms with van der Waals surface area (Å²) in [4.78, 5) is 3.47. The van der Waals surface area contributed by atoms with E-state index in [0.29, 0.717) is 11.4 Å². The summed E-state index contributed by atoms with van der Waals surface area (Å²) in [6.45, 7) is 1.89. The van der Waals surface area contributed by atoms with Gasteiger partial charge in [-0.1, -0.05) is 35.5 Å². The molecule has 0 atom stereocenters. The number of nitrogens with zero attached hydrogens (tertiary/aromatic N) is 1. The number of nitrogens with two attached hydrogens (primary N) is 1. The average Bonchev–Trinajstić information content (AvgIpc) is 3.25. The van der Waals surface area contributed by atoms with Crippen LogP contribution in [0.2, 0.25) is 0 Å². The van der Waals surface area contributed by atoms with Crippen LogP contribution >= 0.6 is 0 Å². The van der Waals surface area contributed by atoms with Crippen molar-refractivity contribution >= 4 is 5.69 Å². The number of methoxy groups -OCH3 is 1. The van der Waals surface area contributed by atoms with Gasteiger partial charge in [0, 0.05) is 11.6 Å². The van der Waals surface area contributed by atoms with E-state index in [1.165, 1.54) is 0 Å². The molecule has 0 fully saturated rings. The number of nitrogen functional groups attached to an aromatic ring is 1. The molecule has 0 amide bonds. The van der Waals surface area contributed by atoms with Crippen molar-refractivity contribution in [3.63, 3.8) is 0 Å². The zero-order valence-corrected chi connectivity index (χ0v) is 14.6. The topological polar surface area (TPSA) is 77.1 Å². The predicted molar refractivity (Wildman–Crippen MR) is 103 cm³/mol. The summed E-state index contributed by atoms with van der Waals surface area (Å²) in [5.74, 6) is 1.45. The normalized spacial score (nSPS) is 10.8. The van der Waals surface area contributed by atoms with Gasteiger partial charge in [-0.3, -0.25) is 0 Å². The first-order chi connectivity index (χ1) is 12.7. The Labute approximate surface area is 151 Å². The van der Waals surface area contributed by atoms with Gasteiger partial charge in [0.2, 0.25) is 0 Å².